The van der Waals surface area contributed by atoms with E-state index in [0.717, 1.165) is 116 Å². The van der Waals surface area contributed by atoms with Crippen molar-refractivity contribution >= 4 is 11.9 Å². The van der Waals surface area contributed by atoms with Crippen LogP contribution in [0.3, 0.4) is 0 Å². The third-order valence-electron chi connectivity index (χ3n) is 13.7. The Morgan fingerprint density at radius 2 is 0.960 bits per heavy atom. The third-order valence-corrected chi connectivity index (χ3v) is 13.7. The van der Waals surface area contributed by atoms with Crippen LogP contribution in [0.5, 0.6) is 0 Å². The first-order chi connectivity index (χ1) is 36.7. The minimum atomic E-state index is -1.59. The second-order valence-corrected chi connectivity index (χ2v) is 20.7. The Balaban J connectivity index is 2.14. The van der Waals surface area contributed by atoms with Gasteiger partial charge in [0.25, 0.3) is 0 Å². The number of nitrogens with one attached hydrogen (secondary N) is 1. The highest BCUT2D eigenvalue weighted by atomic mass is 16.7. The molecule has 7 atom stereocenters. The lowest BCUT2D eigenvalue weighted by Gasteiger charge is -2.40. The van der Waals surface area contributed by atoms with Crippen LogP contribution in [0.2, 0.25) is 0 Å². The predicted molar refractivity (Wildman–Crippen MR) is 310 cm³/mol. The van der Waals surface area contributed by atoms with Crippen molar-refractivity contribution in [1.29, 1.82) is 0 Å². The first-order valence-electron chi connectivity index (χ1n) is 30.4. The van der Waals surface area contributed by atoms with Crippen LogP contribution in [-0.4, -0.2) is 100 Å². The summed E-state index contributed by atoms with van der Waals surface area (Å²) >= 11 is 0. The fourth-order valence-corrected chi connectivity index (χ4v) is 8.82. The van der Waals surface area contributed by atoms with Gasteiger partial charge in [-0.1, -0.05) is 202 Å². The maximum atomic E-state index is 13.0. The van der Waals surface area contributed by atoms with Crippen LogP contribution in [0.1, 0.15) is 245 Å². The Labute approximate surface area is 457 Å². The minimum Gasteiger partial charge on any atom is -0.466 e. The van der Waals surface area contributed by atoms with Crippen molar-refractivity contribution < 1.29 is 49.3 Å². The second-order valence-electron chi connectivity index (χ2n) is 20.7. The number of aliphatic hydroxyl groups excluding tert-OH is 5. The largest absolute Gasteiger partial charge is 0.466 e. The van der Waals surface area contributed by atoms with Crippen LogP contribution in [-0.2, 0) is 23.8 Å². The molecule has 1 aliphatic heterocycles. The molecule has 1 rings (SSSR count). The molecule has 1 fully saturated rings. The van der Waals surface area contributed by atoms with E-state index in [0.29, 0.717) is 19.4 Å². The van der Waals surface area contributed by atoms with Gasteiger partial charge in [-0.25, -0.2) is 0 Å². The Morgan fingerprint density at radius 3 is 1.52 bits per heavy atom. The summed E-state index contributed by atoms with van der Waals surface area (Å²) in [6.45, 7) is 4.19. The molecule has 0 spiro atoms. The number of hydrogen-bond acceptors (Lipinski definition) is 10. The van der Waals surface area contributed by atoms with Crippen LogP contribution in [0.15, 0.2) is 85.1 Å². The first-order valence-corrected chi connectivity index (χ1v) is 30.4. The van der Waals surface area contributed by atoms with Gasteiger partial charge in [-0.05, 0) is 116 Å². The number of rotatable bonds is 51. The van der Waals surface area contributed by atoms with E-state index in [4.69, 9.17) is 14.2 Å². The van der Waals surface area contributed by atoms with E-state index in [9.17, 15) is 35.1 Å². The molecular formula is C64H111NO10. The van der Waals surface area contributed by atoms with Crippen LogP contribution >= 0.6 is 0 Å². The van der Waals surface area contributed by atoms with Crippen molar-refractivity contribution in [2.24, 2.45) is 0 Å². The van der Waals surface area contributed by atoms with Crippen molar-refractivity contribution in [3.8, 4) is 0 Å². The lowest BCUT2D eigenvalue weighted by atomic mass is 9.99. The Hall–Kier alpha value is -3.16. The van der Waals surface area contributed by atoms with Crippen molar-refractivity contribution in [1.82, 2.24) is 5.32 Å². The smallest absolute Gasteiger partial charge is 0.305 e. The quantitative estimate of drug-likeness (QED) is 0.0149. The van der Waals surface area contributed by atoms with E-state index in [1.807, 2.05) is 6.08 Å². The number of hydrogen-bond donors (Lipinski definition) is 6. The van der Waals surface area contributed by atoms with Crippen molar-refractivity contribution in [2.75, 3.05) is 19.8 Å². The van der Waals surface area contributed by atoms with Gasteiger partial charge in [-0.3, -0.25) is 9.59 Å². The van der Waals surface area contributed by atoms with Gasteiger partial charge in [0.15, 0.2) is 6.29 Å². The van der Waals surface area contributed by atoms with Gasteiger partial charge < -0.3 is 45.1 Å². The number of carbonyl (C=O) groups excluding carboxylic acids is 2. The lowest BCUT2D eigenvalue weighted by Crippen LogP contribution is -2.60. The molecule has 11 heteroatoms. The van der Waals surface area contributed by atoms with Crippen LogP contribution in [0.4, 0.5) is 0 Å². The third kappa shape index (κ3) is 42.5. The average molecular weight is 1050 g/mol. The maximum absolute atomic E-state index is 13.0. The number of carbonyl (C=O) groups is 2. The fourth-order valence-electron chi connectivity index (χ4n) is 8.82. The summed E-state index contributed by atoms with van der Waals surface area (Å²) < 4.78 is 16.7. The summed E-state index contributed by atoms with van der Waals surface area (Å²) in [5.41, 5.74) is 0. The van der Waals surface area contributed by atoms with Crippen molar-refractivity contribution in [2.45, 2.75) is 288 Å². The number of esters is 1. The molecule has 6 N–H and O–H groups in total. The molecule has 1 saturated heterocycles. The normalized spacial score (nSPS) is 19.4. The summed E-state index contributed by atoms with van der Waals surface area (Å²) in [7, 11) is 0. The zero-order valence-electron chi connectivity index (χ0n) is 47.5. The van der Waals surface area contributed by atoms with E-state index < -0.39 is 49.5 Å². The Bertz CT molecular complexity index is 1520. The lowest BCUT2D eigenvalue weighted by molar-refractivity contribution is -0.302. The van der Waals surface area contributed by atoms with Gasteiger partial charge in [0.1, 0.15) is 24.4 Å². The Morgan fingerprint density at radius 1 is 0.507 bits per heavy atom. The van der Waals surface area contributed by atoms with Gasteiger partial charge in [-0.2, -0.15) is 0 Å². The second kappa shape index (κ2) is 52.9. The van der Waals surface area contributed by atoms with Gasteiger partial charge in [0, 0.05) is 12.8 Å². The molecule has 0 radical (unpaired) electrons. The number of aliphatic hydroxyl groups is 5. The summed E-state index contributed by atoms with van der Waals surface area (Å²) in [5.74, 6) is -0.254. The number of unbranched alkanes of at least 4 members (excludes halogenated alkanes) is 26. The molecule has 75 heavy (non-hydrogen) atoms. The summed E-state index contributed by atoms with van der Waals surface area (Å²) in [6, 6.07) is -0.845. The molecule has 11 nitrogen and oxygen atoms in total. The van der Waals surface area contributed by atoms with Gasteiger partial charge in [-0.15, -0.1) is 0 Å². The van der Waals surface area contributed by atoms with E-state index >= 15 is 0 Å². The van der Waals surface area contributed by atoms with Crippen LogP contribution in [0.25, 0.3) is 0 Å². The fraction of sp³-hybridized carbons (Fsp3) is 0.750. The average Bonchev–Trinajstić information content (AvgIpc) is 3.41. The zero-order valence-corrected chi connectivity index (χ0v) is 47.5. The first kappa shape index (κ1) is 69.9. The van der Waals surface area contributed by atoms with Gasteiger partial charge in [0.05, 0.1) is 32.0 Å². The monoisotopic (exact) mass is 1050 g/mol. The molecule has 0 bridgehead atoms. The number of allylic oxidation sites excluding steroid dienone is 13. The van der Waals surface area contributed by atoms with Gasteiger partial charge >= 0.3 is 5.97 Å². The summed E-state index contributed by atoms with van der Waals surface area (Å²) in [6.07, 6.45) is 61.0. The molecule has 0 aromatic rings. The number of amides is 1. The molecular weight excluding hydrogens is 943 g/mol. The van der Waals surface area contributed by atoms with Crippen LogP contribution < -0.4 is 5.32 Å². The highest BCUT2D eigenvalue weighted by Gasteiger charge is 2.44. The van der Waals surface area contributed by atoms with Crippen molar-refractivity contribution in [3.05, 3.63) is 85.1 Å². The Kier molecular flexibility index (Phi) is 49.2. The highest BCUT2D eigenvalue weighted by molar-refractivity contribution is 5.76. The number of ether oxygens (including phenoxy) is 3. The van der Waals surface area contributed by atoms with E-state index in [2.05, 4.69) is 92.1 Å². The topological polar surface area (TPSA) is 175 Å². The van der Waals surface area contributed by atoms with Gasteiger partial charge in [0.2, 0.25) is 5.91 Å². The maximum Gasteiger partial charge on any atom is 0.305 e. The summed E-state index contributed by atoms with van der Waals surface area (Å²) in [4.78, 5) is 25.1. The van der Waals surface area contributed by atoms with Crippen LogP contribution in [0, 0.1) is 0 Å². The predicted octanol–water partition coefficient (Wildman–Crippen LogP) is 14.2. The highest BCUT2D eigenvalue weighted by Crippen LogP contribution is 2.23. The molecule has 0 aliphatic carbocycles. The SMILES string of the molecule is CCCC/C=C\C/C=C\CCCCCCCC(=O)OCCCCC/C=C\C=C/CCCCCCCCCCCCC(=O)NC(COC1OC(CO)C(O)C(O)C1O)C(O)/C=C/CC/C=C/CC/C=C/CCCCCC. The van der Waals surface area contributed by atoms with E-state index in [-0.39, 0.29) is 18.5 Å². The molecule has 1 amide bonds. The molecule has 0 saturated carbocycles. The molecule has 1 heterocycles. The zero-order chi connectivity index (χ0) is 54.5. The van der Waals surface area contributed by atoms with E-state index in [1.165, 1.54) is 103 Å². The molecule has 1 aliphatic rings. The molecule has 7 unspecified atom stereocenters. The summed E-state index contributed by atoms with van der Waals surface area (Å²) in [5, 5.41) is 54.4. The minimum absolute atomic E-state index is 0.0451. The van der Waals surface area contributed by atoms with E-state index in [1.54, 1.807) is 6.08 Å². The molecule has 0 aromatic heterocycles. The van der Waals surface area contributed by atoms with Crippen molar-refractivity contribution in [3.63, 3.8) is 0 Å². The standard InChI is InChI=1S/C64H111NO10/c1-3-5-7-9-11-13-15-17-26-30-34-38-42-46-50-57(67)56(55-74-64-63(72)62(71)61(70)58(54-66)75-64)65-59(68)51-47-43-39-35-31-27-24-22-20-19-21-23-25-29-33-37-41-45-49-53-73-60(69)52-48-44-40-36-32-28-18-16-14-12-10-8-6-4-2/h10,12-13,15-16,18,23,25,29-30,33-34,46,50,56-58,61-64,66-67,70-72H,3-9,11,14,17,19-22,24,26-28,31-32,35-45,47-49,51-55H2,1-2H3,(H,65,68)/b12-10-,15-13+,18-16-,25-23-,33-29-,34-30+,50-46+. The molecule has 0 aromatic carbocycles. The molecule has 432 valence electrons.